The van der Waals surface area contributed by atoms with Crippen LogP contribution in [0.2, 0.25) is 0 Å². The molecule has 0 aliphatic carbocycles. The molecule has 0 aliphatic heterocycles. The lowest BCUT2D eigenvalue weighted by molar-refractivity contribution is 0.622. The van der Waals surface area contributed by atoms with Crippen LogP contribution in [0.15, 0.2) is 47.5 Å². The second kappa shape index (κ2) is 5.61. The molecule has 4 heteroatoms. The van der Waals surface area contributed by atoms with E-state index in [9.17, 15) is 0 Å². The Balaban J connectivity index is 1.83. The van der Waals surface area contributed by atoms with Gasteiger partial charge >= 0.3 is 0 Å². The molecule has 2 aromatic rings. The highest BCUT2D eigenvalue weighted by molar-refractivity contribution is 9.10. The summed E-state index contributed by atoms with van der Waals surface area (Å²) in [5, 5.41) is 4.04. The zero-order valence-corrected chi connectivity index (χ0v) is 10.3. The van der Waals surface area contributed by atoms with E-state index in [1.807, 2.05) is 16.8 Å². The van der Waals surface area contributed by atoms with Crippen molar-refractivity contribution in [2.75, 3.05) is 0 Å². The Kier molecular flexibility index (Phi) is 3.88. The average Bonchev–Trinajstić information content (AvgIpc) is 2.80. The van der Waals surface area contributed by atoms with Crippen LogP contribution in [0, 0.1) is 0 Å². The highest BCUT2D eigenvalue weighted by atomic mass is 79.9. The Morgan fingerprint density at radius 3 is 2.75 bits per heavy atom. The summed E-state index contributed by atoms with van der Waals surface area (Å²) in [6.07, 6.45) is 8.50. The Morgan fingerprint density at radius 1 is 1.25 bits per heavy atom. The predicted molar refractivity (Wildman–Crippen MR) is 67.8 cm³/mol. The smallest absolute Gasteiger partial charge is 0.137 e. The van der Waals surface area contributed by atoms with Crippen LogP contribution < -0.4 is 0 Å². The first-order valence-corrected chi connectivity index (χ1v) is 5.88. The number of aryl methyl sites for hydroxylation is 1. The van der Waals surface area contributed by atoms with Gasteiger partial charge in [0.05, 0.1) is 0 Å². The van der Waals surface area contributed by atoms with Gasteiger partial charge in [-0.2, -0.15) is 5.10 Å². The highest BCUT2D eigenvalue weighted by Crippen LogP contribution is 2.11. The maximum absolute atomic E-state index is 4.04. The van der Waals surface area contributed by atoms with Crippen LogP contribution in [0.1, 0.15) is 12.0 Å². The van der Waals surface area contributed by atoms with Crippen molar-refractivity contribution in [2.45, 2.75) is 13.0 Å². The van der Waals surface area contributed by atoms with Gasteiger partial charge in [-0.1, -0.05) is 40.2 Å². The molecule has 0 saturated heterocycles. The summed E-state index contributed by atoms with van der Waals surface area (Å²) < 4.78 is 2.93. The van der Waals surface area contributed by atoms with Crippen molar-refractivity contribution < 1.29 is 0 Å². The molecule has 0 N–H and O–H groups in total. The molecule has 0 bridgehead atoms. The maximum atomic E-state index is 4.04. The molecule has 1 aromatic carbocycles. The fraction of sp³-hybridized carbons (Fsp3) is 0.167. The van der Waals surface area contributed by atoms with Gasteiger partial charge in [-0.3, -0.25) is 4.68 Å². The fourth-order valence-corrected chi connectivity index (χ4v) is 1.61. The van der Waals surface area contributed by atoms with Gasteiger partial charge in [-0.05, 0) is 24.1 Å². The molecule has 0 aliphatic rings. The lowest BCUT2D eigenvalue weighted by Crippen LogP contribution is -1.96. The molecular weight excluding hydrogens is 266 g/mol. The first kappa shape index (κ1) is 11.1. The van der Waals surface area contributed by atoms with E-state index in [0.717, 1.165) is 17.4 Å². The summed E-state index contributed by atoms with van der Waals surface area (Å²) in [7, 11) is 0. The van der Waals surface area contributed by atoms with Crippen molar-refractivity contribution in [3.05, 3.63) is 53.0 Å². The Bertz CT molecular complexity index is 446. The van der Waals surface area contributed by atoms with E-state index in [0.29, 0.717) is 0 Å². The summed E-state index contributed by atoms with van der Waals surface area (Å²) in [6.45, 7) is 0.868. The second-order valence-electron chi connectivity index (χ2n) is 3.40. The first-order valence-electron chi connectivity index (χ1n) is 5.09. The molecule has 0 saturated carbocycles. The molecule has 1 heterocycles. The second-order valence-corrected chi connectivity index (χ2v) is 4.32. The van der Waals surface area contributed by atoms with Gasteiger partial charge in [0.2, 0.25) is 0 Å². The Morgan fingerprint density at radius 2 is 2.06 bits per heavy atom. The SMILES string of the molecule is Brc1ccc(/C=C/CCn2cncn2)cc1. The topological polar surface area (TPSA) is 30.7 Å². The van der Waals surface area contributed by atoms with E-state index < -0.39 is 0 Å². The standard InChI is InChI=1S/C12H12BrN3/c13-12-6-4-11(5-7-12)3-1-2-8-16-10-14-9-15-16/h1,3-7,9-10H,2,8H2/b3-1+. The molecule has 0 atom stereocenters. The monoisotopic (exact) mass is 277 g/mol. The van der Waals surface area contributed by atoms with Crippen molar-refractivity contribution in [1.29, 1.82) is 0 Å². The summed E-state index contributed by atoms with van der Waals surface area (Å²) in [4.78, 5) is 3.89. The molecule has 0 spiro atoms. The van der Waals surface area contributed by atoms with Gasteiger partial charge in [-0.25, -0.2) is 4.98 Å². The van der Waals surface area contributed by atoms with E-state index in [4.69, 9.17) is 0 Å². The third-order valence-electron chi connectivity index (χ3n) is 2.17. The number of nitrogens with zero attached hydrogens (tertiary/aromatic N) is 3. The molecule has 16 heavy (non-hydrogen) atoms. The summed E-state index contributed by atoms with van der Waals surface area (Å²) in [6, 6.07) is 8.24. The van der Waals surface area contributed by atoms with Crippen molar-refractivity contribution in [1.82, 2.24) is 14.8 Å². The van der Waals surface area contributed by atoms with Gasteiger partial charge in [0.1, 0.15) is 12.7 Å². The average molecular weight is 278 g/mol. The number of allylic oxidation sites excluding steroid dienone is 1. The third kappa shape index (κ3) is 3.31. The molecule has 0 fully saturated rings. The largest absolute Gasteiger partial charge is 0.253 e. The predicted octanol–water partition coefficient (Wildman–Crippen LogP) is 3.14. The summed E-state index contributed by atoms with van der Waals surface area (Å²) in [5.74, 6) is 0. The Hall–Kier alpha value is -1.42. The molecule has 0 unspecified atom stereocenters. The Labute approximate surface area is 103 Å². The van der Waals surface area contributed by atoms with E-state index >= 15 is 0 Å². The normalized spacial score (nSPS) is 11.1. The summed E-state index contributed by atoms with van der Waals surface area (Å²) >= 11 is 3.41. The van der Waals surface area contributed by atoms with Gasteiger partial charge in [-0.15, -0.1) is 0 Å². The van der Waals surface area contributed by atoms with Crippen molar-refractivity contribution in [3.8, 4) is 0 Å². The van der Waals surface area contributed by atoms with Crippen LogP contribution in [0.25, 0.3) is 6.08 Å². The van der Waals surface area contributed by atoms with Crippen LogP contribution in [-0.2, 0) is 6.54 Å². The van der Waals surface area contributed by atoms with E-state index in [1.165, 1.54) is 5.56 Å². The lowest BCUT2D eigenvalue weighted by atomic mass is 10.2. The number of benzene rings is 1. The van der Waals surface area contributed by atoms with Crippen molar-refractivity contribution in [3.63, 3.8) is 0 Å². The van der Waals surface area contributed by atoms with Gasteiger partial charge in [0.15, 0.2) is 0 Å². The van der Waals surface area contributed by atoms with Gasteiger partial charge in [0.25, 0.3) is 0 Å². The minimum Gasteiger partial charge on any atom is -0.253 e. The molecule has 0 radical (unpaired) electrons. The van der Waals surface area contributed by atoms with E-state index in [1.54, 1.807) is 12.7 Å². The van der Waals surface area contributed by atoms with Gasteiger partial charge < -0.3 is 0 Å². The molecule has 82 valence electrons. The third-order valence-corrected chi connectivity index (χ3v) is 2.70. The molecular formula is C12H12BrN3. The van der Waals surface area contributed by atoms with Crippen LogP contribution in [0.5, 0.6) is 0 Å². The maximum Gasteiger partial charge on any atom is 0.137 e. The molecule has 0 amide bonds. The van der Waals surface area contributed by atoms with E-state index in [2.05, 4.69) is 50.3 Å². The van der Waals surface area contributed by atoms with Crippen LogP contribution in [-0.4, -0.2) is 14.8 Å². The quantitative estimate of drug-likeness (QED) is 0.860. The lowest BCUT2D eigenvalue weighted by Gasteiger charge is -1.96. The van der Waals surface area contributed by atoms with Crippen molar-refractivity contribution in [2.24, 2.45) is 0 Å². The fourth-order valence-electron chi connectivity index (χ4n) is 1.35. The molecule has 1 aromatic heterocycles. The number of aromatic nitrogens is 3. The molecule has 2 rings (SSSR count). The van der Waals surface area contributed by atoms with Crippen LogP contribution >= 0.6 is 15.9 Å². The number of hydrogen-bond donors (Lipinski definition) is 0. The number of rotatable bonds is 4. The van der Waals surface area contributed by atoms with Crippen molar-refractivity contribution >= 4 is 22.0 Å². The highest BCUT2D eigenvalue weighted by Gasteiger charge is 1.89. The minimum absolute atomic E-state index is 0.868. The van der Waals surface area contributed by atoms with Crippen LogP contribution in [0.4, 0.5) is 0 Å². The van der Waals surface area contributed by atoms with Gasteiger partial charge in [0, 0.05) is 11.0 Å². The molecule has 3 nitrogen and oxygen atoms in total. The first-order chi connectivity index (χ1) is 7.84. The van der Waals surface area contributed by atoms with Crippen LogP contribution in [0.3, 0.4) is 0 Å². The number of halogens is 1. The minimum atomic E-state index is 0.868. The zero-order chi connectivity index (χ0) is 11.2. The zero-order valence-electron chi connectivity index (χ0n) is 8.75. The van der Waals surface area contributed by atoms with E-state index in [-0.39, 0.29) is 0 Å². The number of hydrogen-bond acceptors (Lipinski definition) is 2. The summed E-state index contributed by atoms with van der Waals surface area (Å²) in [5.41, 5.74) is 1.21.